The van der Waals surface area contributed by atoms with Crippen molar-refractivity contribution in [1.82, 2.24) is 10.3 Å². The highest BCUT2D eigenvalue weighted by atomic mass is 19.4. The summed E-state index contributed by atoms with van der Waals surface area (Å²) in [7, 11) is 0. The molecule has 5 nitrogen and oxygen atoms in total. The number of carboxylic acid groups (broad SMARTS) is 1. The number of nitrogens with one attached hydrogen (secondary N) is 2. The third kappa shape index (κ3) is 5.01. The highest BCUT2D eigenvalue weighted by Gasteiger charge is 2.31. The van der Waals surface area contributed by atoms with Crippen molar-refractivity contribution >= 4 is 16.9 Å². The molecule has 142 valence electrons. The number of para-hydroxylation sites is 1. The van der Waals surface area contributed by atoms with Crippen molar-refractivity contribution in [1.29, 1.82) is 0 Å². The van der Waals surface area contributed by atoms with Crippen LogP contribution in [0.15, 0.2) is 54.7 Å². The van der Waals surface area contributed by atoms with Gasteiger partial charge in [0.1, 0.15) is 11.8 Å². The fourth-order valence-corrected chi connectivity index (χ4v) is 2.82. The molecule has 3 aromatic rings. The summed E-state index contributed by atoms with van der Waals surface area (Å²) < 4.78 is 40.3. The summed E-state index contributed by atoms with van der Waals surface area (Å²) in [6, 6.07) is 12.1. The molecule has 0 fully saturated rings. The molecular formula is C19H17F3N2O3. The van der Waals surface area contributed by atoms with E-state index in [9.17, 15) is 23.1 Å². The van der Waals surface area contributed by atoms with Crippen LogP contribution >= 0.6 is 0 Å². The van der Waals surface area contributed by atoms with Crippen LogP contribution in [-0.2, 0) is 17.8 Å². The number of carboxylic acids is 1. The summed E-state index contributed by atoms with van der Waals surface area (Å²) in [4.78, 5) is 14.7. The molecule has 1 atom stereocenters. The number of hydrogen-bond acceptors (Lipinski definition) is 3. The maximum absolute atomic E-state index is 12.2. The van der Waals surface area contributed by atoms with E-state index in [1.54, 1.807) is 6.20 Å². The second-order valence-electron chi connectivity index (χ2n) is 6.03. The smallest absolute Gasteiger partial charge is 0.480 e. The first-order chi connectivity index (χ1) is 12.8. The molecule has 0 radical (unpaired) electrons. The standard InChI is InChI=1S/C19H17F3N2O3/c20-19(21,22)27-14-7-5-12(6-8-14)10-23-17(18(25)26)9-13-11-24-16-4-2-1-3-15(13)16/h1-8,11,17,23-24H,9-10H2,(H,25,26)/t17-/m0/s1. The first kappa shape index (κ1) is 18.8. The van der Waals surface area contributed by atoms with E-state index in [4.69, 9.17) is 0 Å². The molecular weight excluding hydrogens is 361 g/mol. The quantitative estimate of drug-likeness (QED) is 0.584. The number of rotatable bonds is 7. The predicted octanol–water partition coefficient (Wildman–Crippen LogP) is 3.85. The van der Waals surface area contributed by atoms with Crippen LogP contribution in [0.25, 0.3) is 10.9 Å². The van der Waals surface area contributed by atoms with Gasteiger partial charge in [-0.25, -0.2) is 0 Å². The maximum atomic E-state index is 12.2. The molecule has 3 N–H and O–H groups in total. The number of halogens is 3. The molecule has 0 aliphatic rings. The SMILES string of the molecule is O=C(O)[C@H](Cc1c[nH]c2ccccc12)NCc1ccc(OC(F)(F)F)cc1. The van der Waals surface area contributed by atoms with E-state index < -0.39 is 18.4 Å². The Hall–Kier alpha value is -3.00. The second kappa shape index (κ2) is 7.71. The largest absolute Gasteiger partial charge is 0.573 e. The van der Waals surface area contributed by atoms with E-state index in [1.807, 2.05) is 24.3 Å². The Morgan fingerprint density at radius 2 is 1.85 bits per heavy atom. The lowest BCUT2D eigenvalue weighted by Gasteiger charge is -2.15. The van der Waals surface area contributed by atoms with Gasteiger partial charge in [0.25, 0.3) is 0 Å². The summed E-state index contributed by atoms with van der Waals surface area (Å²) in [5, 5.41) is 13.4. The van der Waals surface area contributed by atoms with Gasteiger partial charge in [0.15, 0.2) is 0 Å². The van der Waals surface area contributed by atoms with Crippen molar-refractivity contribution in [3.63, 3.8) is 0 Å². The molecule has 0 bridgehead atoms. The fourth-order valence-electron chi connectivity index (χ4n) is 2.82. The molecule has 2 aromatic carbocycles. The number of hydrogen-bond donors (Lipinski definition) is 3. The van der Waals surface area contributed by atoms with Gasteiger partial charge in [-0.15, -0.1) is 13.2 Å². The average molecular weight is 378 g/mol. The van der Waals surface area contributed by atoms with Crippen LogP contribution in [0.3, 0.4) is 0 Å². The number of aliphatic carboxylic acids is 1. The molecule has 3 rings (SSSR count). The lowest BCUT2D eigenvalue weighted by atomic mass is 10.0. The number of benzene rings is 2. The highest BCUT2D eigenvalue weighted by Crippen LogP contribution is 2.23. The number of alkyl halides is 3. The Bertz CT molecular complexity index is 920. The molecule has 0 saturated heterocycles. The Balaban J connectivity index is 1.64. The van der Waals surface area contributed by atoms with E-state index >= 15 is 0 Å². The van der Waals surface area contributed by atoms with Gasteiger partial charge < -0.3 is 20.1 Å². The summed E-state index contributed by atoms with van der Waals surface area (Å²) in [5.41, 5.74) is 2.45. The van der Waals surface area contributed by atoms with Gasteiger partial charge in [-0.1, -0.05) is 30.3 Å². The van der Waals surface area contributed by atoms with Gasteiger partial charge in [0.2, 0.25) is 0 Å². The number of H-pyrrole nitrogens is 1. The number of carbonyl (C=O) groups is 1. The zero-order valence-corrected chi connectivity index (χ0v) is 14.1. The Kier molecular flexibility index (Phi) is 5.36. The van der Waals surface area contributed by atoms with Crippen molar-refractivity contribution in [2.75, 3.05) is 0 Å². The number of ether oxygens (including phenoxy) is 1. The zero-order chi connectivity index (χ0) is 19.4. The van der Waals surface area contributed by atoms with Gasteiger partial charge in [-0.3, -0.25) is 4.79 Å². The summed E-state index contributed by atoms with van der Waals surface area (Å²) >= 11 is 0. The molecule has 0 saturated carbocycles. The minimum Gasteiger partial charge on any atom is -0.480 e. The molecule has 8 heteroatoms. The van der Waals surface area contributed by atoms with Gasteiger partial charge in [-0.2, -0.15) is 0 Å². The minimum atomic E-state index is -4.74. The summed E-state index contributed by atoms with van der Waals surface area (Å²) in [6.45, 7) is 0.200. The maximum Gasteiger partial charge on any atom is 0.573 e. The molecule has 1 aromatic heterocycles. The van der Waals surface area contributed by atoms with Crippen LogP contribution < -0.4 is 10.1 Å². The van der Waals surface area contributed by atoms with Crippen LogP contribution in [0.2, 0.25) is 0 Å². The van der Waals surface area contributed by atoms with Gasteiger partial charge in [0, 0.05) is 30.1 Å². The molecule has 27 heavy (non-hydrogen) atoms. The van der Waals surface area contributed by atoms with Gasteiger partial charge in [0.05, 0.1) is 0 Å². The van der Waals surface area contributed by atoms with Crippen LogP contribution in [0, 0.1) is 0 Å². The fraction of sp³-hybridized carbons (Fsp3) is 0.211. The number of aromatic nitrogens is 1. The summed E-state index contributed by atoms with van der Waals surface area (Å²) in [5.74, 6) is -1.32. The lowest BCUT2D eigenvalue weighted by Crippen LogP contribution is -2.38. The van der Waals surface area contributed by atoms with Crippen LogP contribution in [0.4, 0.5) is 13.2 Å². The first-order valence-corrected chi connectivity index (χ1v) is 8.18. The van der Waals surface area contributed by atoms with E-state index in [2.05, 4.69) is 15.0 Å². The molecule has 0 aliphatic heterocycles. The molecule has 1 heterocycles. The van der Waals surface area contributed by atoms with Gasteiger partial charge >= 0.3 is 12.3 Å². The first-order valence-electron chi connectivity index (χ1n) is 8.18. The van der Waals surface area contributed by atoms with E-state index in [0.717, 1.165) is 16.5 Å². The zero-order valence-electron chi connectivity index (χ0n) is 14.1. The topological polar surface area (TPSA) is 74.3 Å². The Morgan fingerprint density at radius 1 is 1.15 bits per heavy atom. The molecule has 0 spiro atoms. The number of fused-ring (bicyclic) bond motifs is 1. The van der Waals surface area contributed by atoms with Crippen LogP contribution in [0.1, 0.15) is 11.1 Å². The molecule has 0 amide bonds. The van der Waals surface area contributed by atoms with Crippen molar-refractivity contribution < 1.29 is 27.8 Å². The summed E-state index contributed by atoms with van der Waals surface area (Å²) in [6.07, 6.45) is -2.69. The van der Waals surface area contributed by atoms with Crippen LogP contribution in [0.5, 0.6) is 5.75 Å². The third-order valence-electron chi connectivity index (χ3n) is 4.11. The Morgan fingerprint density at radius 3 is 2.52 bits per heavy atom. The normalized spacial score (nSPS) is 12.9. The van der Waals surface area contributed by atoms with Crippen molar-refractivity contribution in [2.45, 2.75) is 25.4 Å². The highest BCUT2D eigenvalue weighted by molar-refractivity contribution is 5.84. The van der Waals surface area contributed by atoms with Crippen molar-refractivity contribution in [3.8, 4) is 5.75 Å². The third-order valence-corrected chi connectivity index (χ3v) is 4.11. The number of aromatic amines is 1. The van der Waals surface area contributed by atoms with Crippen molar-refractivity contribution in [2.24, 2.45) is 0 Å². The lowest BCUT2D eigenvalue weighted by molar-refractivity contribution is -0.274. The molecule has 0 aliphatic carbocycles. The van der Waals surface area contributed by atoms with E-state index in [-0.39, 0.29) is 18.7 Å². The van der Waals surface area contributed by atoms with E-state index in [0.29, 0.717) is 5.56 Å². The second-order valence-corrected chi connectivity index (χ2v) is 6.03. The average Bonchev–Trinajstić information content (AvgIpc) is 3.01. The van der Waals surface area contributed by atoms with Crippen molar-refractivity contribution in [3.05, 3.63) is 65.9 Å². The van der Waals surface area contributed by atoms with Crippen LogP contribution in [-0.4, -0.2) is 28.5 Å². The monoisotopic (exact) mass is 378 g/mol. The van der Waals surface area contributed by atoms with E-state index in [1.165, 1.54) is 24.3 Å². The predicted molar refractivity (Wildman–Crippen MR) is 93.4 cm³/mol. The minimum absolute atomic E-state index is 0.200. The Labute approximate surface area is 152 Å². The van der Waals surface area contributed by atoms with Gasteiger partial charge in [-0.05, 0) is 29.3 Å². The molecule has 0 unspecified atom stereocenters.